The average molecular weight is 269 g/mol. The smallest absolute Gasteiger partial charge is 0.258 e. The van der Waals surface area contributed by atoms with Crippen LogP contribution in [0.3, 0.4) is 0 Å². The Morgan fingerprint density at radius 3 is 2.59 bits per heavy atom. The van der Waals surface area contributed by atoms with Crippen LogP contribution in [0.25, 0.3) is 11.3 Å². The molecule has 1 aromatic carbocycles. The van der Waals surface area contributed by atoms with Crippen LogP contribution in [0.1, 0.15) is 0 Å². The van der Waals surface area contributed by atoms with Crippen molar-refractivity contribution in [1.82, 2.24) is 4.98 Å². The number of rotatable bonds is 2. The Labute approximate surface area is 107 Å². The molecule has 0 bridgehead atoms. The molecule has 0 amide bonds. The molecule has 6 heteroatoms. The van der Waals surface area contributed by atoms with E-state index in [0.29, 0.717) is 10.6 Å². The van der Waals surface area contributed by atoms with E-state index in [1.807, 2.05) is 0 Å². The van der Waals surface area contributed by atoms with Crippen molar-refractivity contribution in [2.24, 2.45) is 0 Å². The van der Waals surface area contributed by atoms with Crippen molar-refractivity contribution in [2.45, 2.75) is 0 Å². The number of nitro groups is 1. The molecule has 0 aliphatic carbocycles. The maximum Gasteiger partial charge on any atom is 0.295 e. The first kappa shape index (κ1) is 11.8. The van der Waals surface area contributed by atoms with Crippen LogP contribution in [0.2, 0.25) is 10.2 Å². The number of halogens is 2. The summed E-state index contributed by atoms with van der Waals surface area (Å²) in [5, 5.41) is 11.6. The van der Waals surface area contributed by atoms with Gasteiger partial charge in [0.1, 0.15) is 10.8 Å². The lowest BCUT2D eigenvalue weighted by Gasteiger charge is -2.03. The SMILES string of the molecule is O=[N+]([O-])c1ccc(Cl)nc1-c1cccc(Cl)c1. The van der Waals surface area contributed by atoms with E-state index in [1.165, 1.54) is 12.1 Å². The summed E-state index contributed by atoms with van der Waals surface area (Å²) < 4.78 is 0. The van der Waals surface area contributed by atoms with E-state index in [-0.39, 0.29) is 16.5 Å². The van der Waals surface area contributed by atoms with Gasteiger partial charge in [-0.2, -0.15) is 0 Å². The predicted octanol–water partition coefficient (Wildman–Crippen LogP) is 3.96. The number of nitrogens with zero attached hydrogens (tertiary/aromatic N) is 2. The van der Waals surface area contributed by atoms with Crippen molar-refractivity contribution in [2.75, 3.05) is 0 Å². The van der Waals surface area contributed by atoms with Gasteiger partial charge in [0.15, 0.2) is 0 Å². The first-order valence-corrected chi connectivity index (χ1v) is 5.40. The molecule has 0 aliphatic rings. The molecular formula is C11H6Cl2N2O2. The molecule has 0 atom stereocenters. The minimum atomic E-state index is -0.500. The van der Waals surface area contributed by atoms with Crippen LogP contribution in [0.5, 0.6) is 0 Å². The number of benzene rings is 1. The molecule has 2 aromatic rings. The van der Waals surface area contributed by atoms with Gasteiger partial charge < -0.3 is 0 Å². The van der Waals surface area contributed by atoms with Gasteiger partial charge in [0.25, 0.3) is 5.69 Å². The summed E-state index contributed by atoms with van der Waals surface area (Å²) in [6, 6.07) is 9.38. The van der Waals surface area contributed by atoms with E-state index >= 15 is 0 Å². The fourth-order valence-corrected chi connectivity index (χ4v) is 1.76. The Morgan fingerprint density at radius 1 is 1.18 bits per heavy atom. The highest BCUT2D eigenvalue weighted by Gasteiger charge is 2.17. The quantitative estimate of drug-likeness (QED) is 0.471. The van der Waals surface area contributed by atoms with Crippen LogP contribution in [0.4, 0.5) is 5.69 Å². The average Bonchev–Trinajstić information content (AvgIpc) is 2.28. The van der Waals surface area contributed by atoms with Gasteiger partial charge in [-0.3, -0.25) is 10.1 Å². The third-order valence-corrected chi connectivity index (χ3v) is 2.58. The largest absolute Gasteiger partial charge is 0.295 e. The summed E-state index contributed by atoms with van der Waals surface area (Å²) >= 11 is 11.6. The molecule has 0 saturated heterocycles. The molecule has 0 fully saturated rings. The summed E-state index contributed by atoms with van der Waals surface area (Å²) in [5.74, 6) is 0. The maximum absolute atomic E-state index is 10.9. The number of pyridine rings is 1. The lowest BCUT2D eigenvalue weighted by molar-refractivity contribution is -0.384. The molecule has 0 spiro atoms. The molecule has 0 aliphatic heterocycles. The predicted molar refractivity (Wildman–Crippen MR) is 66.3 cm³/mol. The zero-order valence-corrected chi connectivity index (χ0v) is 9.94. The molecule has 0 radical (unpaired) electrons. The normalized spacial score (nSPS) is 10.2. The van der Waals surface area contributed by atoms with Crippen LogP contribution >= 0.6 is 23.2 Å². The number of aromatic nitrogens is 1. The maximum atomic E-state index is 10.9. The topological polar surface area (TPSA) is 56.0 Å². The van der Waals surface area contributed by atoms with Gasteiger partial charge in [0.2, 0.25) is 0 Å². The molecular weight excluding hydrogens is 263 g/mol. The van der Waals surface area contributed by atoms with E-state index in [2.05, 4.69) is 4.98 Å². The van der Waals surface area contributed by atoms with Crippen LogP contribution in [-0.4, -0.2) is 9.91 Å². The Balaban J connectivity index is 2.65. The second-order valence-electron chi connectivity index (χ2n) is 3.27. The summed E-state index contributed by atoms with van der Waals surface area (Å²) in [5.41, 5.74) is 0.674. The van der Waals surface area contributed by atoms with Gasteiger partial charge in [-0.1, -0.05) is 35.3 Å². The van der Waals surface area contributed by atoms with Crippen molar-refractivity contribution in [1.29, 1.82) is 0 Å². The van der Waals surface area contributed by atoms with Crippen molar-refractivity contribution >= 4 is 28.9 Å². The summed E-state index contributed by atoms with van der Waals surface area (Å²) in [7, 11) is 0. The molecule has 1 aromatic heterocycles. The molecule has 17 heavy (non-hydrogen) atoms. The molecule has 2 rings (SSSR count). The molecule has 0 N–H and O–H groups in total. The Kier molecular flexibility index (Phi) is 3.26. The molecule has 0 saturated carbocycles. The van der Waals surface area contributed by atoms with Gasteiger partial charge in [-0.05, 0) is 18.2 Å². The summed E-state index contributed by atoms with van der Waals surface area (Å²) in [4.78, 5) is 14.4. The second kappa shape index (κ2) is 4.69. The molecule has 86 valence electrons. The highest BCUT2D eigenvalue weighted by atomic mass is 35.5. The third kappa shape index (κ3) is 2.54. The van der Waals surface area contributed by atoms with E-state index in [9.17, 15) is 10.1 Å². The Bertz CT molecular complexity index is 587. The van der Waals surface area contributed by atoms with Gasteiger partial charge in [0, 0.05) is 16.7 Å². The van der Waals surface area contributed by atoms with E-state index in [1.54, 1.807) is 24.3 Å². The van der Waals surface area contributed by atoms with Crippen LogP contribution in [0.15, 0.2) is 36.4 Å². The highest BCUT2D eigenvalue weighted by Crippen LogP contribution is 2.30. The summed E-state index contributed by atoms with van der Waals surface area (Å²) in [6.45, 7) is 0. The van der Waals surface area contributed by atoms with Gasteiger partial charge in [-0.25, -0.2) is 4.98 Å². The van der Waals surface area contributed by atoms with Crippen LogP contribution in [0, 0.1) is 10.1 Å². The molecule has 0 unspecified atom stereocenters. The third-order valence-electron chi connectivity index (χ3n) is 2.13. The van der Waals surface area contributed by atoms with Gasteiger partial charge in [-0.15, -0.1) is 0 Å². The Morgan fingerprint density at radius 2 is 1.94 bits per heavy atom. The zero-order chi connectivity index (χ0) is 12.4. The van der Waals surface area contributed by atoms with E-state index in [0.717, 1.165) is 0 Å². The fourth-order valence-electron chi connectivity index (χ4n) is 1.42. The van der Waals surface area contributed by atoms with E-state index in [4.69, 9.17) is 23.2 Å². The lowest BCUT2D eigenvalue weighted by atomic mass is 10.1. The lowest BCUT2D eigenvalue weighted by Crippen LogP contribution is -1.94. The van der Waals surface area contributed by atoms with Crippen LogP contribution in [-0.2, 0) is 0 Å². The van der Waals surface area contributed by atoms with Crippen molar-refractivity contribution in [3.05, 3.63) is 56.7 Å². The molecule has 1 heterocycles. The first-order valence-electron chi connectivity index (χ1n) is 4.65. The highest BCUT2D eigenvalue weighted by molar-refractivity contribution is 6.31. The molecule has 4 nitrogen and oxygen atoms in total. The summed E-state index contributed by atoms with van der Waals surface area (Å²) in [6.07, 6.45) is 0. The van der Waals surface area contributed by atoms with Crippen LogP contribution < -0.4 is 0 Å². The number of hydrogen-bond donors (Lipinski definition) is 0. The number of hydrogen-bond acceptors (Lipinski definition) is 3. The van der Waals surface area contributed by atoms with Gasteiger partial charge >= 0.3 is 0 Å². The standard InChI is InChI=1S/C11H6Cl2N2O2/c12-8-3-1-2-7(6-8)11-9(15(16)17)4-5-10(13)14-11/h1-6H. The van der Waals surface area contributed by atoms with E-state index < -0.39 is 4.92 Å². The fraction of sp³-hybridized carbons (Fsp3) is 0. The van der Waals surface area contributed by atoms with Crippen molar-refractivity contribution in [3.8, 4) is 11.3 Å². The zero-order valence-electron chi connectivity index (χ0n) is 8.43. The second-order valence-corrected chi connectivity index (χ2v) is 4.09. The van der Waals surface area contributed by atoms with Crippen molar-refractivity contribution < 1.29 is 4.92 Å². The monoisotopic (exact) mass is 268 g/mol. The van der Waals surface area contributed by atoms with Gasteiger partial charge in [0.05, 0.1) is 4.92 Å². The van der Waals surface area contributed by atoms with Crippen molar-refractivity contribution in [3.63, 3.8) is 0 Å². The Hall–Kier alpha value is -1.65. The minimum absolute atomic E-state index is 0.100. The first-order chi connectivity index (χ1) is 8.08. The minimum Gasteiger partial charge on any atom is -0.258 e.